The second-order valence-electron chi connectivity index (χ2n) is 1.97. The van der Waals surface area contributed by atoms with E-state index in [2.05, 4.69) is 10.5 Å². The van der Waals surface area contributed by atoms with Crippen LogP contribution in [0.5, 0.6) is 0 Å². The molecule has 1 aliphatic rings. The lowest BCUT2D eigenvalue weighted by molar-refractivity contribution is 0.176. The summed E-state index contributed by atoms with van der Waals surface area (Å²) in [7, 11) is 0. The minimum atomic E-state index is 0.562. The van der Waals surface area contributed by atoms with Crippen molar-refractivity contribution in [1.82, 2.24) is 5.48 Å². The van der Waals surface area contributed by atoms with E-state index in [4.69, 9.17) is 5.21 Å². The molecule has 3 nitrogen and oxygen atoms in total. The van der Waals surface area contributed by atoms with E-state index in [0.29, 0.717) is 6.54 Å². The van der Waals surface area contributed by atoms with Crippen LogP contribution < -0.4 is 5.48 Å². The normalized spacial score (nSPS) is 17.7. The van der Waals surface area contributed by atoms with Crippen molar-refractivity contribution in [2.24, 2.45) is 4.99 Å². The fourth-order valence-electron chi connectivity index (χ4n) is 0.773. The Balaban J connectivity index is 2.38. The highest BCUT2D eigenvalue weighted by atomic mass is 16.5. The van der Waals surface area contributed by atoms with Gasteiger partial charge in [0.05, 0.1) is 0 Å². The third kappa shape index (κ3) is 1.95. The van der Waals surface area contributed by atoms with Gasteiger partial charge in [0.1, 0.15) is 0 Å². The zero-order valence-corrected chi connectivity index (χ0v) is 5.17. The second-order valence-corrected chi connectivity index (χ2v) is 1.97. The maximum absolute atomic E-state index is 8.28. The van der Waals surface area contributed by atoms with Crippen LogP contribution in [0.4, 0.5) is 0 Å². The molecule has 0 saturated carbocycles. The summed E-state index contributed by atoms with van der Waals surface area (Å²) < 4.78 is 0. The van der Waals surface area contributed by atoms with Crippen LogP contribution in [0.2, 0.25) is 0 Å². The number of dihydropyridines is 1. The molecule has 0 saturated heterocycles. The number of hydrogen-bond donors (Lipinski definition) is 2. The lowest BCUT2D eigenvalue weighted by Crippen LogP contribution is -2.13. The van der Waals surface area contributed by atoms with Crippen molar-refractivity contribution in [2.75, 3.05) is 13.1 Å². The lowest BCUT2D eigenvalue weighted by atomic mass is 10.1. The summed E-state index contributed by atoms with van der Waals surface area (Å²) >= 11 is 0. The van der Waals surface area contributed by atoms with Crippen molar-refractivity contribution in [1.29, 1.82) is 0 Å². The third-order valence-electron chi connectivity index (χ3n) is 1.28. The lowest BCUT2D eigenvalue weighted by Gasteiger charge is -2.05. The zero-order valence-electron chi connectivity index (χ0n) is 5.17. The molecule has 0 fully saturated rings. The Bertz CT molecular complexity index is 140. The van der Waals surface area contributed by atoms with Gasteiger partial charge in [-0.05, 0) is 12.5 Å². The van der Waals surface area contributed by atoms with Crippen LogP contribution in [-0.2, 0) is 0 Å². The largest absolute Gasteiger partial charge is 0.317 e. The van der Waals surface area contributed by atoms with Gasteiger partial charge < -0.3 is 5.21 Å². The summed E-state index contributed by atoms with van der Waals surface area (Å²) in [5.41, 5.74) is 3.31. The van der Waals surface area contributed by atoms with E-state index in [-0.39, 0.29) is 0 Å². The predicted octanol–water partition coefficient (Wildman–Crippen LogP) is 0.366. The van der Waals surface area contributed by atoms with Crippen LogP contribution in [0.3, 0.4) is 0 Å². The van der Waals surface area contributed by atoms with E-state index in [1.54, 1.807) is 6.21 Å². The van der Waals surface area contributed by atoms with Gasteiger partial charge in [-0.3, -0.25) is 4.99 Å². The maximum Gasteiger partial charge on any atom is 0.0427 e. The fourth-order valence-corrected chi connectivity index (χ4v) is 0.773. The number of hydrogen-bond acceptors (Lipinski definition) is 3. The summed E-state index contributed by atoms with van der Waals surface area (Å²) in [5.74, 6) is 0. The van der Waals surface area contributed by atoms with Gasteiger partial charge in [-0.1, -0.05) is 5.57 Å². The molecule has 1 heterocycles. The van der Waals surface area contributed by atoms with Crippen molar-refractivity contribution in [3.05, 3.63) is 11.6 Å². The Morgan fingerprint density at radius 1 is 1.78 bits per heavy atom. The van der Waals surface area contributed by atoms with Gasteiger partial charge in [-0.15, -0.1) is 0 Å². The van der Waals surface area contributed by atoms with Crippen molar-refractivity contribution < 1.29 is 5.21 Å². The molecular formula is C6H10N2O. The number of allylic oxidation sites excluding steroid dienone is 1. The second kappa shape index (κ2) is 3.37. The van der Waals surface area contributed by atoms with Gasteiger partial charge in [0, 0.05) is 19.3 Å². The molecule has 0 amide bonds. The Morgan fingerprint density at radius 3 is 3.22 bits per heavy atom. The van der Waals surface area contributed by atoms with Crippen LogP contribution in [-0.4, -0.2) is 24.5 Å². The van der Waals surface area contributed by atoms with E-state index in [0.717, 1.165) is 13.0 Å². The molecule has 0 bridgehead atoms. The first-order valence-corrected chi connectivity index (χ1v) is 2.98. The van der Waals surface area contributed by atoms with Gasteiger partial charge in [0.25, 0.3) is 0 Å². The van der Waals surface area contributed by atoms with Crippen molar-refractivity contribution in [3.63, 3.8) is 0 Å². The average Bonchev–Trinajstić information content (AvgIpc) is 1.91. The zero-order chi connectivity index (χ0) is 6.53. The molecule has 3 heteroatoms. The highest BCUT2D eigenvalue weighted by Crippen LogP contribution is 2.02. The average molecular weight is 126 g/mol. The first-order chi connectivity index (χ1) is 4.43. The summed E-state index contributed by atoms with van der Waals surface area (Å²) in [6, 6.07) is 0. The molecule has 1 rings (SSSR count). The molecule has 1 aliphatic heterocycles. The Labute approximate surface area is 54.1 Å². The summed E-state index contributed by atoms with van der Waals surface area (Å²) in [6.45, 7) is 1.42. The molecule has 50 valence electrons. The monoisotopic (exact) mass is 126 g/mol. The third-order valence-corrected chi connectivity index (χ3v) is 1.28. The number of rotatable bonds is 2. The van der Waals surface area contributed by atoms with E-state index in [9.17, 15) is 0 Å². The molecule has 0 aromatic rings. The predicted molar refractivity (Wildman–Crippen MR) is 35.8 cm³/mol. The van der Waals surface area contributed by atoms with E-state index >= 15 is 0 Å². The first-order valence-electron chi connectivity index (χ1n) is 2.98. The van der Waals surface area contributed by atoms with Gasteiger partial charge in [0.15, 0.2) is 0 Å². The van der Waals surface area contributed by atoms with Crippen LogP contribution >= 0.6 is 0 Å². The van der Waals surface area contributed by atoms with Gasteiger partial charge in [-0.25, -0.2) is 5.48 Å². The molecule has 0 aromatic carbocycles. The highest BCUT2D eigenvalue weighted by Gasteiger charge is 1.96. The van der Waals surface area contributed by atoms with E-state index < -0.39 is 0 Å². The van der Waals surface area contributed by atoms with Crippen LogP contribution in [0.25, 0.3) is 0 Å². The van der Waals surface area contributed by atoms with Gasteiger partial charge >= 0.3 is 0 Å². The molecule has 0 unspecified atom stereocenters. The molecule has 0 atom stereocenters. The first kappa shape index (κ1) is 6.45. The summed E-state index contributed by atoms with van der Waals surface area (Å²) in [6.07, 6.45) is 4.66. The Kier molecular flexibility index (Phi) is 2.42. The SMILES string of the molecule is ONCC1=CC=NCC1. The van der Waals surface area contributed by atoms with Crippen LogP contribution in [0.1, 0.15) is 6.42 Å². The number of aliphatic imine (C=N–C) groups is 1. The van der Waals surface area contributed by atoms with Gasteiger partial charge in [0.2, 0.25) is 0 Å². The Morgan fingerprint density at radius 2 is 2.67 bits per heavy atom. The van der Waals surface area contributed by atoms with E-state index in [1.165, 1.54) is 5.57 Å². The van der Waals surface area contributed by atoms with E-state index in [1.807, 2.05) is 6.08 Å². The molecule has 0 radical (unpaired) electrons. The smallest absolute Gasteiger partial charge is 0.0427 e. The van der Waals surface area contributed by atoms with Crippen molar-refractivity contribution in [2.45, 2.75) is 6.42 Å². The van der Waals surface area contributed by atoms with Crippen LogP contribution in [0, 0.1) is 0 Å². The van der Waals surface area contributed by atoms with Crippen molar-refractivity contribution in [3.8, 4) is 0 Å². The number of nitrogens with zero attached hydrogens (tertiary/aromatic N) is 1. The molecule has 2 N–H and O–H groups in total. The maximum atomic E-state index is 8.28. The minimum Gasteiger partial charge on any atom is -0.317 e. The molecule has 0 aliphatic carbocycles. The van der Waals surface area contributed by atoms with Crippen molar-refractivity contribution >= 4 is 6.21 Å². The number of nitrogens with one attached hydrogen (secondary N) is 1. The van der Waals surface area contributed by atoms with Gasteiger partial charge in [-0.2, -0.15) is 0 Å². The molecule has 9 heavy (non-hydrogen) atoms. The quantitative estimate of drug-likeness (QED) is 0.525. The number of hydroxylamine groups is 1. The fraction of sp³-hybridized carbons (Fsp3) is 0.500. The molecule has 0 aromatic heterocycles. The topological polar surface area (TPSA) is 44.6 Å². The summed E-state index contributed by atoms with van der Waals surface area (Å²) in [4.78, 5) is 4.00. The summed E-state index contributed by atoms with van der Waals surface area (Å²) in [5, 5.41) is 8.28. The standard InChI is InChI=1S/C6H10N2O/c9-8-5-6-1-3-7-4-2-6/h1,3,8-9H,2,4-5H2. The minimum absolute atomic E-state index is 0.562. The molecular weight excluding hydrogens is 116 g/mol. The highest BCUT2D eigenvalue weighted by molar-refractivity contribution is 5.73. The van der Waals surface area contributed by atoms with Crippen LogP contribution in [0.15, 0.2) is 16.6 Å². The Hall–Kier alpha value is -0.670. The molecule has 0 spiro atoms.